The van der Waals surface area contributed by atoms with E-state index in [0.717, 1.165) is 39.1 Å². The van der Waals surface area contributed by atoms with E-state index >= 15 is 0 Å². The van der Waals surface area contributed by atoms with Gasteiger partial charge in [-0.15, -0.1) is 0 Å². The van der Waals surface area contributed by atoms with Gasteiger partial charge in [0.15, 0.2) is 0 Å². The lowest BCUT2D eigenvalue weighted by molar-refractivity contribution is -0.0646. The van der Waals surface area contributed by atoms with Crippen molar-refractivity contribution < 1.29 is 9.47 Å². The molecule has 1 atom stereocenters. The highest BCUT2D eigenvalue weighted by molar-refractivity contribution is 4.84. The van der Waals surface area contributed by atoms with E-state index in [9.17, 15) is 0 Å². The van der Waals surface area contributed by atoms with Crippen LogP contribution in [0.4, 0.5) is 0 Å². The highest BCUT2D eigenvalue weighted by Gasteiger charge is 2.31. The van der Waals surface area contributed by atoms with Crippen molar-refractivity contribution >= 4 is 0 Å². The van der Waals surface area contributed by atoms with E-state index in [1.807, 2.05) is 0 Å². The smallest absolute Gasteiger partial charge is 0.0804 e. The molecule has 1 aliphatic heterocycles. The average molecular weight is 227 g/mol. The highest BCUT2D eigenvalue weighted by Crippen LogP contribution is 2.30. The summed E-state index contributed by atoms with van der Waals surface area (Å²) in [6, 6.07) is 0. The minimum atomic E-state index is -0.0148. The van der Waals surface area contributed by atoms with Crippen molar-refractivity contribution in [2.24, 2.45) is 11.7 Å². The van der Waals surface area contributed by atoms with Crippen molar-refractivity contribution in [3.05, 3.63) is 0 Å². The summed E-state index contributed by atoms with van der Waals surface area (Å²) < 4.78 is 11.6. The molecule has 1 saturated heterocycles. The molecule has 0 aromatic heterocycles. The largest absolute Gasteiger partial charge is 0.381 e. The quantitative estimate of drug-likeness (QED) is 0.748. The van der Waals surface area contributed by atoms with E-state index in [2.05, 4.69) is 0 Å². The molecule has 2 N–H and O–H groups in total. The molecule has 1 saturated carbocycles. The number of hydrogen-bond acceptors (Lipinski definition) is 3. The highest BCUT2D eigenvalue weighted by atomic mass is 16.5. The third-order valence-corrected chi connectivity index (χ3v) is 4.04. The Hall–Kier alpha value is -0.120. The third-order valence-electron chi connectivity index (χ3n) is 4.04. The fourth-order valence-corrected chi connectivity index (χ4v) is 2.79. The second-order valence-electron chi connectivity index (χ2n) is 5.34. The first-order chi connectivity index (χ1) is 7.85. The third kappa shape index (κ3) is 3.19. The molecule has 16 heavy (non-hydrogen) atoms. The predicted octanol–water partition coefficient (Wildman–Crippen LogP) is 2.09. The Bertz CT molecular complexity index is 194. The minimum Gasteiger partial charge on any atom is -0.381 e. The van der Waals surface area contributed by atoms with Gasteiger partial charge in [0.2, 0.25) is 0 Å². The van der Waals surface area contributed by atoms with Crippen LogP contribution in [0.25, 0.3) is 0 Å². The predicted molar refractivity (Wildman–Crippen MR) is 64.4 cm³/mol. The number of ether oxygens (including phenoxy) is 2. The van der Waals surface area contributed by atoms with Crippen molar-refractivity contribution in [1.82, 2.24) is 0 Å². The monoisotopic (exact) mass is 227 g/mol. The summed E-state index contributed by atoms with van der Waals surface area (Å²) in [5.41, 5.74) is 5.92. The second-order valence-corrected chi connectivity index (χ2v) is 5.34. The molecule has 94 valence electrons. The van der Waals surface area contributed by atoms with Gasteiger partial charge in [-0.25, -0.2) is 0 Å². The lowest BCUT2D eigenvalue weighted by atomic mass is 9.94. The molecule has 0 aromatic carbocycles. The van der Waals surface area contributed by atoms with E-state index in [1.54, 1.807) is 0 Å². The van der Waals surface area contributed by atoms with Crippen LogP contribution in [0.2, 0.25) is 0 Å². The van der Waals surface area contributed by atoms with E-state index in [0.29, 0.717) is 12.5 Å². The van der Waals surface area contributed by atoms with Gasteiger partial charge in [0.05, 0.1) is 18.8 Å². The van der Waals surface area contributed by atoms with E-state index < -0.39 is 0 Å². The van der Waals surface area contributed by atoms with Crippen LogP contribution in [0, 0.1) is 5.92 Å². The van der Waals surface area contributed by atoms with Crippen LogP contribution in [0.15, 0.2) is 0 Å². The molecule has 2 rings (SSSR count). The lowest BCUT2D eigenvalue weighted by Crippen LogP contribution is -2.41. The zero-order valence-corrected chi connectivity index (χ0v) is 10.2. The Kier molecular flexibility index (Phi) is 4.62. The molecule has 0 bridgehead atoms. The van der Waals surface area contributed by atoms with Crippen LogP contribution in [-0.4, -0.2) is 32.0 Å². The maximum Gasteiger partial charge on any atom is 0.0804 e. The van der Waals surface area contributed by atoms with Crippen LogP contribution >= 0.6 is 0 Å². The Morgan fingerprint density at radius 3 is 2.50 bits per heavy atom. The van der Waals surface area contributed by atoms with E-state index in [1.165, 1.54) is 25.7 Å². The van der Waals surface area contributed by atoms with Crippen molar-refractivity contribution in [3.63, 3.8) is 0 Å². The molecular formula is C13H25NO2. The summed E-state index contributed by atoms with van der Waals surface area (Å²) in [7, 11) is 0. The van der Waals surface area contributed by atoms with Gasteiger partial charge in [0.25, 0.3) is 0 Å². The lowest BCUT2D eigenvalue weighted by Gasteiger charge is -2.32. The standard InChI is InChI=1S/C13H25NO2/c14-11-13(6-3-1-2-4-7-13)16-10-12-5-8-15-9-12/h12H,1-11,14H2. The van der Waals surface area contributed by atoms with Crippen LogP contribution in [0.1, 0.15) is 44.9 Å². The Labute approximate surface area is 98.7 Å². The summed E-state index contributed by atoms with van der Waals surface area (Å²) in [5.74, 6) is 0.603. The number of hydrogen-bond donors (Lipinski definition) is 1. The van der Waals surface area contributed by atoms with Gasteiger partial charge in [-0.2, -0.15) is 0 Å². The van der Waals surface area contributed by atoms with Gasteiger partial charge >= 0.3 is 0 Å². The molecule has 3 nitrogen and oxygen atoms in total. The summed E-state index contributed by atoms with van der Waals surface area (Å²) in [6.07, 6.45) is 8.70. The molecule has 2 fully saturated rings. The molecule has 2 aliphatic rings. The number of rotatable bonds is 4. The molecule has 0 amide bonds. The summed E-state index contributed by atoms with van der Waals surface area (Å²) in [6.45, 7) is 3.31. The van der Waals surface area contributed by atoms with Gasteiger partial charge in [-0.3, -0.25) is 0 Å². The van der Waals surface area contributed by atoms with Crippen LogP contribution < -0.4 is 5.73 Å². The van der Waals surface area contributed by atoms with Gasteiger partial charge in [-0.1, -0.05) is 25.7 Å². The molecule has 1 unspecified atom stereocenters. The molecule has 3 heteroatoms. The number of nitrogens with two attached hydrogens (primary N) is 1. The van der Waals surface area contributed by atoms with Crippen molar-refractivity contribution in [3.8, 4) is 0 Å². The molecule has 0 spiro atoms. The van der Waals surface area contributed by atoms with Gasteiger partial charge in [-0.05, 0) is 19.3 Å². The average Bonchev–Trinajstić information content (AvgIpc) is 2.72. The SMILES string of the molecule is NCC1(OCC2CCOC2)CCCCCC1. The Morgan fingerprint density at radius 1 is 1.19 bits per heavy atom. The molecular weight excluding hydrogens is 202 g/mol. The fraction of sp³-hybridized carbons (Fsp3) is 1.00. The van der Waals surface area contributed by atoms with Crippen LogP contribution in [0.5, 0.6) is 0 Å². The Balaban J connectivity index is 1.81. The summed E-state index contributed by atoms with van der Waals surface area (Å²) in [4.78, 5) is 0. The van der Waals surface area contributed by atoms with Gasteiger partial charge < -0.3 is 15.2 Å². The zero-order valence-electron chi connectivity index (χ0n) is 10.2. The first kappa shape index (κ1) is 12.3. The summed E-state index contributed by atoms with van der Waals surface area (Å²) >= 11 is 0. The first-order valence-corrected chi connectivity index (χ1v) is 6.76. The molecule has 1 heterocycles. The van der Waals surface area contributed by atoms with E-state index in [4.69, 9.17) is 15.2 Å². The topological polar surface area (TPSA) is 44.5 Å². The van der Waals surface area contributed by atoms with Crippen molar-refractivity contribution in [1.29, 1.82) is 0 Å². The van der Waals surface area contributed by atoms with Crippen LogP contribution in [-0.2, 0) is 9.47 Å². The van der Waals surface area contributed by atoms with Gasteiger partial charge in [0, 0.05) is 19.1 Å². The normalized spacial score (nSPS) is 30.2. The minimum absolute atomic E-state index is 0.0148. The maximum atomic E-state index is 6.18. The summed E-state index contributed by atoms with van der Waals surface area (Å²) in [5, 5.41) is 0. The van der Waals surface area contributed by atoms with Crippen molar-refractivity contribution in [2.75, 3.05) is 26.4 Å². The fourth-order valence-electron chi connectivity index (χ4n) is 2.79. The Morgan fingerprint density at radius 2 is 1.94 bits per heavy atom. The van der Waals surface area contributed by atoms with Gasteiger partial charge in [0.1, 0.15) is 0 Å². The zero-order chi connectivity index (χ0) is 11.3. The van der Waals surface area contributed by atoms with Crippen LogP contribution in [0.3, 0.4) is 0 Å². The second kappa shape index (κ2) is 5.99. The maximum absolute atomic E-state index is 6.18. The molecule has 0 aromatic rings. The molecule has 0 radical (unpaired) electrons. The first-order valence-electron chi connectivity index (χ1n) is 6.76. The van der Waals surface area contributed by atoms with E-state index in [-0.39, 0.29) is 5.60 Å². The molecule has 1 aliphatic carbocycles. The van der Waals surface area contributed by atoms with Crippen molar-refractivity contribution in [2.45, 2.75) is 50.5 Å².